The molecule has 0 aliphatic heterocycles. The Morgan fingerprint density at radius 1 is 1.29 bits per heavy atom. The summed E-state index contributed by atoms with van der Waals surface area (Å²) in [5, 5.41) is 8.95. The lowest BCUT2D eigenvalue weighted by molar-refractivity contribution is 0.0695. The van der Waals surface area contributed by atoms with E-state index in [-0.39, 0.29) is 33.7 Å². The predicted octanol–water partition coefficient (Wildman–Crippen LogP) is 0.860. The first-order chi connectivity index (χ1) is 9.53. The lowest BCUT2D eigenvalue weighted by Gasteiger charge is -2.08. The van der Waals surface area contributed by atoms with Gasteiger partial charge in [0.2, 0.25) is 10.0 Å². The number of hydrogen-bond acceptors (Lipinski definition) is 5. The smallest absolute Gasteiger partial charge is 0.336 e. The molecule has 2 N–H and O–H groups in total. The van der Waals surface area contributed by atoms with Crippen LogP contribution in [0.15, 0.2) is 27.6 Å². The van der Waals surface area contributed by atoms with Crippen LogP contribution in [0.1, 0.15) is 16.8 Å². The molecule has 0 aliphatic carbocycles. The summed E-state index contributed by atoms with van der Waals surface area (Å²) >= 11 is 3.02. The zero-order chi connectivity index (χ0) is 16.3. The van der Waals surface area contributed by atoms with Crippen LogP contribution in [0.3, 0.4) is 0 Å². The van der Waals surface area contributed by atoms with Crippen LogP contribution in [0.25, 0.3) is 0 Å². The van der Waals surface area contributed by atoms with Crippen LogP contribution in [-0.4, -0.2) is 46.5 Å². The van der Waals surface area contributed by atoms with E-state index in [1.165, 1.54) is 12.1 Å². The lowest BCUT2D eigenvalue weighted by Crippen LogP contribution is -2.26. The number of sulfone groups is 1. The van der Waals surface area contributed by atoms with E-state index in [0.717, 1.165) is 12.3 Å². The van der Waals surface area contributed by atoms with E-state index in [0.29, 0.717) is 0 Å². The van der Waals surface area contributed by atoms with Gasteiger partial charge in [0, 0.05) is 17.3 Å². The zero-order valence-corrected chi connectivity index (χ0v) is 14.3. The standard InChI is InChI=1S/C11H14BrNO6S2/c1-20(16,17)6-2-5-13-21(18,19)8-3-4-10(12)9(7-8)11(14)15/h3-4,7,13H,2,5-6H2,1H3,(H,14,15). The van der Waals surface area contributed by atoms with Crippen LogP contribution in [0.5, 0.6) is 0 Å². The molecule has 21 heavy (non-hydrogen) atoms. The molecule has 0 aliphatic rings. The summed E-state index contributed by atoms with van der Waals surface area (Å²) in [6, 6.07) is 3.62. The van der Waals surface area contributed by atoms with Crippen LogP contribution < -0.4 is 4.72 Å². The van der Waals surface area contributed by atoms with Crippen molar-refractivity contribution in [2.45, 2.75) is 11.3 Å². The Morgan fingerprint density at radius 2 is 1.90 bits per heavy atom. The fraction of sp³-hybridized carbons (Fsp3) is 0.364. The van der Waals surface area contributed by atoms with E-state index >= 15 is 0 Å². The number of carboxylic acid groups (broad SMARTS) is 1. The van der Waals surface area contributed by atoms with Gasteiger partial charge in [0.25, 0.3) is 0 Å². The molecule has 0 saturated carbocycles. The first-order valence-electron chi connectivity index (χ1n) is 5.73. The predicted molar refractivity (Wildman–Crippen MR) is 80.6 cm³/mol. The molecule has 7 nitrogen and oxygen atoms in total. The minimum atomic E-state index is -3.88. The molecule has 0 amide bonds. The Bertz CT molecular complexity index is 742. The SMILES string of the molecule is CS(=O)(=O)CCCNS(=O)(=O)c1ccc(Br)c(C(=O)O)c1. The number of benzene rings is 1. The molecule has 10 heteroatoms. The van der Waals surface area contributed by atoms with Gasteiger partial charge < -0.3 is 5.11 Å². The van der Waals surface area contributed by atoms with Gasteiger partial charge in [-0.3, -0.25) is 0 Å². The van der Waals surface area contributed by atoms with Gasteiger partial charge in [0.15, 0.2) is 0 Å². The third-order valence-corrected chi connectivity index (χ3v) is 5.64. The van der Waals surface area contributed by atoms with Crippen molar-refractivity contribution < 1.29 is 26.7 Å². The van der Waals surface area contributed by atoms with Gasteiger partial charge in [-0.1, -0.05) is 0 Å². The first kappa shape index (κ1) is 18.1. The summed E-state index contributed by atoms with van der Waals surface area (Å²) in [5.74, 6) is -1.38. The van der Waals surface area contributed by atoms with Crippen LogP contribution >= 0.6 is 15.9 Å². The van der Waals surface area contributed by atoms with E-state index in [1.807, 2.05) is 0 Å². The summed E-state index contributed by atoms with van der Waals surface area (Å²) in [5.41, 5.74) is -0.172. The molecule has 0 atom stereocenters. The number of rotatable bonds is 7. The third-order valence-electron chi connectivity index (χ3n) is 2.46. The maximum atomic E-state index is 12.0. The highest BCUT2D eigenvalue weighted by molar-refractivity contribution is 9.10. The zero-order valence-electron chi connectivity index (χ0n) is 11.0. The second-order valence-electron chi connectivity index (χ2n) is 4.33. The highest BCUT2D eigenvalue weighted by Crippen LogP contribution is 2.21. The molecule has 1 rings (SSSR count). The molecule has 0 radical (unpaired) electrons. The Hall–Kier alpha value is -0.970. The number of halogens is 1. The second-order valence-corrected chi connectivity index (χ2v) is 9.21. The van der Waals surface area contributed by atoms with Crippen molar-refractivity contribution in [3.8, 4) is 0 Å². The Kier molecular flexibility index (Phi) is 5.91. The minimum absolute atomic E-state index is 0.0477. The van der Waals surface area contributed by atoms with Gasteiger partial charge in [-0.05, 0) is 40.5 Å². The number of sulfonamides is 1. The average molecular weight is 400 g/mol. The summed E-state index contributed by atoms with van der Waals surface area (Å²) in [6.07, 6.45) is 1.20. The molecular weight excluding hydrogens is 386 g/mol. The maximum absolute atomic E-state index is 12.0. The monoisotopic (exact) mass is 399 g/mol. The van der Waals surface area contributed by atoms with Gasteiger partial charge in [-0.25, -0.2) is 26.4 Å². The van der Waals surface area contributed by atoms with Crippen molar-refractivity contribution in [2.24, 2.45) is 0 Å². The number of carbonyl (C=O) groups is 1. The average Bonchev–Trinajstić information content (AvgIpc) is 2.33. The van der Waals surface area contributed by atoms with Crippen LogP contribution in [-0.2, 0) is 19.9 Å². The van der Waals surface area contributed by atoms with Crippen molar-refractivity contribution in [3.05, 3.63) is 28.2 Å². The van der Waals surface area contributed by atoms with E-state index in [4.69, 9.17) is 5.11 Å². The van der Waals surface area contributed by atoms with Gasteiger partial charge in [-0.2, -0.15) is 0 Å². The minimum Gasteiger partial charge on any atom is -0.478 e. The maximum Gasteiger partial charge on any atom is 0.336 e. The lowest BCUT2D eigenvalue weighted by atomic mass is 10.2. The molecule has 0 spiro atoms. The molecule has 1 aromatic carbocycles. The molecule has 0 unspecified atom stereocenters. The van der Waals surface area contributed by atoms with Crippen molar-refractivity contribution >= 4 is 41.8 Å². The normalized spacial score (nSPS) is 12.3. The van der Waals surface area contributed by atoms with Crippen LogP contribution in [0, 0.1) is 0 Å². The van der Waals surface area contributed by atoms with E-state index < -0.39 is 25.8 Å². The number of hydrogen-bond donors (Lipinski definition) is 2. The molecule has 1 aromatic rings. The summed E-state index contributed by atoms with van der Waals surface area (Å²) < 4.78 is 48.3. The molecule has 0 saturated heterocycles. The number of nitrogens with one attached hydrogen (secondary N) is 1. The Labute approximate surface area is 131 Å². The largest absolute Gasteiger partial charge is 0.478 e. The van der Waals surface area contributed by atoms with E-state index in [1.54, 1.807) is 0 Å². The molecule has 0 aromatic heterocycles. The van der Waals surface area contributed by atoms with Crippen molar-refractivity contribution in [1.29, 1.82) is 0 Å². The summed E-state index contributed by atoms with van der Waals surface area (Å²) in [4.78, 5) is 10.8. The van der Waals surface area contributed by atoms with Crippen LogP contribution in [0.4, 0.5) is 0 Å². The highest BCUT2D eigenvalue weighted by atomic mass is 79.9. The molecular formula is C11H14BrNO6S2. The van der Waals surface area contributed by atoms with E-state index in [9.17, 15) is 21.6 Å². The van der Waals surface area contributed by atoms with Gasteiger partial charge >= 0.3 is 5.97 Å². The molecule has 118 valence electrons. The Balaban J connectivity index is 2.84. The van der Waals surface area contributed by atoms with Crippen molar-refractivity contribution in [2.75, 3.05) is 18.6 Å². The second kappa shape index (κ2) is 6.86. The summed E-state index contributed by atoms with van der Waals surface area (Å²) in [6.45, 7) is -0.0477. The van der Waals surface area contributed by atoms with Gasteiger partial charge in [0.1, 0.15) is 9.84 Å². The van der Waals surface area contributed by atoms with Crippen LogP contribution in [0.2, 0.25) is 0 Å². The number of aromatic carboxylic acids is 1. The molecule has 0 bridgehead atoms. The van der Waals surface area contributed by atoms with Crippen molar-refractivity contribution in [3.63, 3.8) is 0 Å². The van der Waals surface area contributed by atoms with Crippen molar-refractivity contribution in [1.82, 2.24) is 4.72 Å². The topological polar surface area (TPSA) is 118 Å². The number of carboxylic acids is 1. The molecule has 0 heterocycles. The third kappa shape index (κ3) is 5.73. The molecule has 0 fully saturated rings. The Morgan fingerprint density at radius 3 is 2.43 bits per heavy atom. The summed E-state index contributed by atoms with van der Waals surface area (Å²) in [7, 11) is -7.03. The highest BCUT2D eigenvalue weighted by Gasteiger charge is 2.18. The van der Waals surface area contributed by atoms with E-state index in [2.05, 4.69) is 20.7 Å². The quantitative estimate of drug-likeness (QED) is 0.656. The first-order valence-corrected chi connectivity index (χ1v) is 10.1. The fourth-order valence-electron chi connectivity index (χ4n) is 1.46. The van der Waals surface area contributed by atoms with Gasteiger partial charge in [0.05, 0.1) is 16.2 Å². The fourth-order valence-corrected chi connectivity index (χ4v) is 3.64. The van der Waals surface area contributed by atoms with Gasteiger partial charge in [-0.15, -0.1) is 0 Å².